The Bertz CT molecular complexity index is 638. The number of carbonyl (C=O) groups excluding carboxylic acids is 1. The van der Waals surface area contributed by atoms with Crippen LogP contribution in [0.3, 0.4) is 0 Å². The maximum absolute atomic E-state index is 12.1. The van der Waals surface area contributed by atoms with Crippen molar-refractivity contribution in [1.29, 1.82) is 0 Å². The lowest BCUT2D eigenvalue weighted by Gasteiger charge is -2.41. The number of aliphatic carboxylic acids is 1. The number of benzene rings is 1. The number of hydrogen-bond donors (Lipinski definition) is 4. The molecule has 9 heteroatoms. The maximum Gasteiger partial charge on any atom is 0.407 e. The van der Waals surface area contributed by atoms with E-state index in [0.29, 0.717) is 12.3 Å². The van der Waals surface area contributed by atoms with Crippen LogP contribution in [-0.2, 0) is 25.6 Å². The van der Waals surface area contributed by atoms with Crippen molar-refractivity contribution in [3.8, 4) is 0 Å². The van der Waals surface area contributed by atoms with E-state index in [4.69, 9.17) is 14.2 Å². The number of rotatable bonds is 8. The molecule has 28 heavy (non-hydrogen) atoms. The number of carboxylic acid groups (broad SMARTS) is 1. The van der Waals surface area contributed by atoms with Gasteiger partial charge in [-0.25, -0.2) is 9.59 Å². The fourth-order valence-electron chi connectivity index (χ4n) is 2.68. The summed E-state index contributed by atoms with van der Waals surface area (Å²) in [4.78, 5) is 23.4. The molecule has 1 fully saturated rings. The molecule has 1 saturated heterocycles. The fourth-order valence-corrected chi connectivity index (χ4v) is 2.68. The van der Waals surface area contributed by atoms with E-state index in [1.807, 2.05) is 19.9 Å². The van der Waals surface area contributed by atoms with Gasteiger partial charge >= 0.3 is 12.1 Å². The molecule has 156 valence electrons. The molecule has 9 nitrogen and oxygen atoms in total. The zero-order chi connectivity index (χ0) is 20.7. The van der Waals surface area contributed by atoms with Gasteiger partial charge in [0.25, 0.3) is 0 Å². The number of carbonyl (C=O) groups is 2. The zero-order valence-electron chi connectivity index (χ0n) is 15.9. The van der Waals surface area contributed by atoms with E-state index < -0.39 is 42.7 Å². The smallest absolute Gasteiger partial charge is 0.407 e. The number of amides is 1. The van der Waals surface area contributed by atoms with E-state index in [2.05, 4.69) is 5.32 Å². The predicted molar refractivity (Wildman–Crippen MR) is 97.3 cm³/mol. The maximum atomic E-state index is 12.1. The van der Waals surface area contributed by atoms with Crippen molar-refractivity contribution in [2.45, 2.75) is 57.5 Å². The SMILES string of the molecule is CC(C)CCO[C@@H]1O[C@H](C(=O)O)[C@@H](O)[C@H](O)[C@H]1NC(=O)OCc1ccccc1. The van der Waals surface area contributed by atoms with Crippen molar-refractivity contribution in [3.05, 3.63) is 35.9 Å². The molecule has 0 radical (unpaired) electrons. The Morgan fingerprint density at radius 2 is 1.86 bits per heavy atom. The Hall–Kier alpha value is -2.20. The van der Waals surface area contributed by atoms with Gasteiger partial charge in [0.2, 0.25) is 0 Å². The van der Waals surface area contributed by atoms with Crippen molar-refractivity contribution in [1.82, 2.24) is 5.32 Å². The lowest BCUT2D eigenvalue weighted by Crippen LogP contribution is -2.65. The molecule has 0 aliphatic carbocycles. The second-order valence-electron chi connectivity index (χ2n) is 7.03. The first-order chi connectivity index (χ1) is 13.3. The summed E-state index contributed by atoms with van der Waals surface area (Å²) in [5, 5.41) is 31.9. The Morgan fingerprint density at radius 1 is 1.18 bits per heavy atom. The molecule has 5 atom stereocenters. The predicted octanol–water partition coefficient (Wildman–Crippen LogP) is 0.875. The average molecular weight is 397 g/mol. The van der Waals surface area contributed by atoms with Gasteiger partial charge in [-0.1, -0.05) is 44.2 Å². The number of carboxylic acids is 1. The summed E-state index contributed by atoms with van der Waals surface area (Å²) in [5.74, 6) is -1.11. The van der Waals surface area contributed by atoms with Crippen molar-refractivity contribution in [3.63, 3.8) is 0 Å². The molecule has 1 aliphatic rings. The van der Waals surface area contributed by atoms with Crippen molar-refractivity contribution >= 4 is 12.1 Å². The Labute approximate surface area is 163 Å². The van der Waals surface area contributed by atoms with Crippen molar-refractivity contribution in [2.24, 2.45) is 5.92 Å². The standard InChI is InChI=1S/C19H27NO8/c1-11(2)8-9-26-18-13(14(21)15(22)16(28-18)17(23)24)20-19(25)27-10-12-6-4-3-5-7-12/h3-7,11,13-16,18,21-22H,8-10H2,1-2H3,(H,20,25)(H,23,24)/t13-,14-,15+,16+,18-/m1/s1. The molecule has 2 rings (SSSR count). The molecule has 0 aromatic heterocycles. The Kier molecular flexibility index (Phi) is 8.18. The summed E-state index contributed by atoms with van der Waals surface area (Å²) in [6.45, 7) is 4.21. The van der Waals surface area contributed by atoms with Crippen LogP contribution in [0.15, 0.2) is 30.3 Å². The molecule has 1 aromatic rings. The van der Waals surface area contributed by atoms with E-state index in [0.717, 1.165) is 5.56 Å². The van der Waals surface area contributed by atoms with Gasteiger partial charge in [-0.2, -0.15) is 0 Å². The monoisotopic (exact) mass is 397 g/mol. The molecule has 0 unspecified atom stereocenters. The van der Waals surface area contributed by atoms with E-state index in [1.54, 1.807) is 24.3 Å². The lowest BCUT2D eigenvalue weighted by atomic mass is 9.97. The third-order valence-corrected chi connectivity index (χ3v) is 4.32. The van der Waals surface area contributed by atoms with Gasteiger partial charge in [0, 0.05) is 0 Å². The van der Waals surface area contributed by atoms with Crippen LogP contribution in [0.5, 0.6) is 0 Å². The minimum absolute atomic E-state index is 0.00945. The average Bonchev–Trinajstić information content (AvgIpc) is 2.65. The number of alkyl carbamates (subject to hydrolysis) is 1. The van der Waals surface area contributed by atoms with Gasteiger partial charge in [-0.3, -0.25) is 0 Å². The summed E-state index contributed by atoms with van der Waals surface area (Å²) in [5.41, 5.74) is 0.772. The highest BCUT2D eigenvalue weighted by Gasteiger charge is 2.48. The third kappa shape index (κ3) is 6.16. The van der Waals surface area contributed by atoms with Gasteiger partial charge < -0.3 is 34.8 Å². The van der Waals surface area contributed by atoms with Crippen LogP contribution in [0.25, 0.3) is 0 Å². The highest BCUT2D eigenvalue weighted by atomic mass is 16.7. The minimum Gasteiger partial charge on any atom is -0.479 e. The topological polar surface area (TPSA) is 135 Å². The van der Waals surface area contributed by atoms with Gasteiger partial charge in [-0.05, 0) is 17.9 Å². The summed E-state index contributed by atoms with van der Waals surface area (Å²) in [6, 6.07) is 7.81. The molecule has 0 bridgehead atoms. The van der Waals surface area contributed by atoms with Crippen LogP contribution >= 0.6 is 0 Å². The fraction of sp³-hybridized carbons (Fsp3) is 0.579. The van der Waals surface area contributed by atoms with E-state index in [-0.39, 0.29) is 13.2 Å². The Morgan fingerprint density at radius 3 is 2.46 bits per heavy atom. The van der Waals surface area contributed by atoms with Crippen LogP contribution in [0.2, 0.25) is 0 Å². The van der Waals surface area contributed by atoms with Crippen LogP contribution in [0.4, 0.5) is 4.79 Å². The van der Waals surface area contributed by atoms with Crippen LogP contribution in [0.1, 0.15) is 25.8 Å². The molecular formula is C19H27NO8. The van der Waals surface area contributed by atoms with Gasteiger partial charge in [0.05, 0.1) is 6.61 Å². The normalized spacial score (nSPS) is 27.4. The van der Waals surface area contributed by atoms with E-state index >= 15 is 0 Å². The van der Waals surface area contributed by atoms with E-state index in [1.165, 1.54) is 0 Å². The quantitative estimate of drug-likeness (QED) is 0.508. The van der Waals surface area contributed by atoms with Crippen molar-refractivity contribution in [2.75, 3.05) is 6.61 Å². The first-order valence-corrected chi connectivity index (χ1v) is 9.12. The second-order valence-corrected chi connectivity index (χ2v) is 7.03. The largest absolute Gasteiger partial charge is 0.479 e. The molecule has 1 amide bonds. The third-order valence-electron chi connectivity index (χ3n) is 4.32. The number of ether oxygens (including phenoxy) is 3. The lowest BCUT2D eigenvalue weighted by molar-refractivity contribution is -0.264. The highest BCUT2D eigenvalue weighted by Crippen LogP contribution is 2.23. The van der Waals surface area contributed by atoms with Crippen molar-refractivity contribution < 1.29 is 39.1 Å². The van der Waals surface area contributed by atoms with Crippen LogP contribution in [0, 0.1) is 5.92 Å². The highest BCUT2D eigenvalue weighted by molar-refractivity contribution is 5.73. The summed E-state index contributed by atoms with van der Waals surface area (Å²) in [7, 11) is 0. The van der Waals surface area contributed by atoms with Gasteiger partial charge in [0.1, 0.15) is 24.9 Å². The molecular weight excluding hydrogens is 370 g/mol. The number of hydrogen-bond acceptors (Lipinski definition) is 7. The number of aliphatic hydroxyl groups excluding tert-OH is 2. The second kappa shape index (κ2) is 10.4. The molecule has 4 N–H and O–H groups in total. The summed E-state index contributed by atoms with van der Waals surface area (Å²) >= 11 is 0. The number of aliphatic hydroxyl groups is 2. The van der Waals surface area contributed by atoms with Gasteiger partial charge in [-0.15, -0.1) is 0 Å². The number of nitrogens with one attached hydrogen (secondary N) is 1. The Balaban J connectivity index is 2.01. The summed E-state index contributed by atoms with van der Waals surface area (Å²) < 4.78 is 15.9. The molecule has 1 heterocycles. The molecule has 1 aliphatic heterocycles. The first-order valence-electron chi connectivity index (χ1n) is 9.12. The minimum atomic E-state index is -1.73. The molecule has 1 aromatic carbocycles. The summed E-state index contributed by atoms with van der Waals surface area (Å²) in [6.07, 6.45) is -6.44. The van der Waals surface area contributed by atoms with Crippen LogP contribution < -0.4 is 5.32 Å². The molecule has 0 saturated carbocycles. The van der Waals surface area contributed by atoms with Gasteiger partial charge in [0.15, 0.2) is 12.4 Å². The zero-order valence-corrected chi connectivity index (χ0v) is 15.9. The van der Waals surface area contributed by atoms with Crippen LogP contribution in [-0.4, -0.2) is 64.6 Å². The first kappa shape index (κ1) is 22.1. The van der Waals surface area contributed by atoms with E-state index in [9.17, 15) is 24.9 Å². The molecule has 0 spiro atoms.